The van der Waals surface area contributed by atoms with E-state index in [9.17, 15) is 0 Å². The molecular weight excluding hydrogens is 224 g/mol. The molecule has 0 N–H and O–H groups in total. The van der Waals surface area contributed by atoms with E-state index in [-0.39, 0.29) is 0 Å². The Morgan fingerprint density at radius 2 is 2.27 bits per heavy atom. The molecule has 2 nitrogen and oxygen atoms in total. The maximum absolute atomic E-state index is 8.90. The highest BCUT2D eigenvalue weighted by atomic mass is 32.2. The van der Waals surface area contributed by atoms with E-state index in [4.69, 9.17) is 5.26 Å². The maximum Gasteiger partial charge on any atom is 0.100 e. The first kappa shape index (κ1) is 10.2. The van der Waals surface area contributed by atoms with Crippen molar-refractivity contribution in [1.29, 1.82) is 5.26 Å². The first-order chi connectivity index (χ1) is 7.40. The van der Waals surface area contributed by atoms with Crippen molar-refractivity contribution in [3.63, 3.8) is 0 Å². The molecule has 0 saturated heterocycles. The van der Waals surface area contributed by atoms with Crippen LogP contribution in [0.2, 0.25) is 0 Å². The number of hydrogen-bond donors (Lipinski definition) is 0. The minimum Gasteiger partial charge on any atom is -0.249 e. The number of hydrogen-bond acceptors (Lipinski definition) is 4. The lowest BCUT2D eigenvalue weighted by molar-refractivity contribution is 1.23. The molecule has 0 amide bonds. The van der Waals surface area contributed by atoms with Gasteiger partial charge in [0, 0.05) is 16.0 Å². The van der Waals surface area contributed by atoms with Gasteiger partial charge in [-0.05, 0) is 12.1 Å². The van der Waals surface area contributed by atoms with Gasteiger partial charge in [0.2, 0.25) is 0 Å². The monoisotopic (exact) mass is 232 g/mol. The number of thioether (sulfide) groups is 1. The fraction of sp³-hybridized carbons (Fsp3) is 0.0909. The Morgan fingerprint density at radius 3 is 3.00 bits per heavy atom. The third-order valence-electron chi connectivity index (χ3n) is 1.87. The standard InChI is InChI=1S/C11H8N2S2/c12-5-9-3-1-2-4-11(9)15-7-10-6-14-8-13-10/h1-4,6,8H,7H2. The summed E-state index contributed by atoms with van der Waals surface area (Å²) in [5.41, 5.74) is 3.63. The summed E-state index contributed by atoms with van der Waals surface area (Å²) >= 11 is 3.25. The van der Waals surface area contributed by atoms with E-state index in [2.05, 4.69) is 11.1 Å². The van der Waals surface area contributed by atoms with Crippen LogP contribution in [0.1, 0.15) is 11.3 Å². The second-order valence-electron chi connectivity index (χ2n) is 2.88. The third-order valence-corrected chi connectivity index (χ3v) is 3.61. The molecule has 2 rings (SSSR count). The normalized spacial score (nSPS) is 9.80. The highest BCUT2D eigenvalue weighted by Gasteiger charge is 2.02. The Bertz CT molecular complexity index is 472. The van der Waals surface area contributed by atoms with Crippen LogP contribution in [0.3, 0.4) is 0 Å². The average Bonchev–Trinajstić information content (AvgIpc) is 2.79. The second kappa shape index (κ2) is 4.96. The van der Waals surface area contributed by atoms with Crippen LogP contribution in [0.15, 0.2) is 40.1 Å². The topological polar surface area (TPSA) is 36.7 Å². The zero-order valence-corrected chi connectivity index (χ0v) is 9.52. The number of thiazole rings is 1. The summed E-state index contributed by atoms with van der Waals surface area (Å²) < 4.78 is 0. The van der Waals surface area contributed by atoms with Crippen molar-refractivity contribution < 1.29 is 0 Å². The molecule has 0 radical (unpaired) electrons. The highest BCUT2D eigenvalue weighted by Crippen LogP contribution is 2.25. The molecule has 0 saturated carbocycles. The lowest BCUT2D eigenvalue weighted by atomic mass is 10.2. The summed E-state index contributed by atoms with van der Waals surface area (Å²) in [4.78, 5) is 5.22. The van der Waals surface area contributed by atoms with Gasteiger partial charge in [-0.15, -0.1) is 23.1 Å². The summed E-state index contributed by atoms with van der Waals surface area (Å²) in [6.45, 7) is 0. The summed E-state index contributed by atoms with van der Waals surface area (Å²) in [6.07, 6.45) is 0. The molecule has 0 fully saturated rings. The molecule has 0 aliphatic heterocycles. The number of nitriles is 1. The van der Waals surface area contributed by atoms with Gasteiger partial charge in [-0.2, -0.15) is 5.26 Å². The van der Waals surface area contributed by atoms with E-state index in [1.54, 1.807) is 23.1 Å². The van der Waals surface area contributed by atoms with Crippen molar-refractivity contribution in [3.8, 4) is 6.07 Å². The van der Waals surface area contributed by atoms with Gasteiger partial charge in [-0.3, -0.25) is 0 Å². The Hall–Kier alpha value is -1.31. The van der Waals surface area contributed by atoms with Gasteiger partial charge in [-0.25, -0.2) is 4.98 Å². The predicted octanol–water partition coefficient (Wildman–Crippen LogP) is 3.31. The minimum atomic E-state index is 0.734. The first-order valence-electron chi connectivity index (χ1n) is 4.39. The van der Waals surface area contributed by atoms with Crippen molar-refractivity contribution in [2.24, 2.45) is 0 Å². The van der Waals surface area contributed by atoms with Crippen LogP contribution in [0.25, 0.3) is 0 Å². The molecule has 1 aromatic carbocycles. The van der Waals surface area contributed by atoms with Crippen LogP contribution < -0.4 is 0 Å². The van der Waals surface area contributed by atoms with E-state index in [1.807, 2.05) is 35.2 Å². The smallest absolute Gasteiger partial charge is 0.100 e. The second-order valence-corrected chi connectivity index (χ2v) is 4.61. The van der Waals surface area contributed by atoms with Crippen LogP contribution in [0, 0.1) is 11.3 Å². The summed E-state index contributed by atoms with van der Waals surface area (Å²) in [6, 6.07) is 9.82. The molecule has 0 spiro atoms. The van der Waals surface area contributed by atoms with Gasteiger partial charge in [0.1, 0.15) is 6.07 Å². The van der Waals surface area contributed by atoms with Crippen LogP contribution in [-0.2, 0) is 5.75 Å². The van der Waals surface area contributed by atoms with Gasteiger partial charge in [-0.1, -0.05) is 12.1 Å². The molecule has 0 atom stereocenters. The van der Waals surface area contributed by atoms with E-state index in [0.29, 0.717) is 0 Å². The predicted molar refractivity (Wildman–Crippen MR) is 62.8 cm³/mol. The lowest BCUT2D eigenvalue weighted by Crippen LogP contribution is -1.83. The van der Waals surface area contributed by atoms with Crippen LogP contribution in [-0.4, -0.2) is 4.98 Å². The van der Waals surface area contributed by atoms with Gasteiger partial charge < -0.3 is 0 Å². The molecule has 0 aliphatic rings. The lowest BCUT2D eigenvalue weighted by Gasteiger charge is -2.00. The Kier molecular flexibility index (Phi) is 3.38. The quantitative estimate of drug-likeness (QED) is 0.762. The Labute approximate surface area is 96.6 Å². The number of rotatable bonds is 3. The third kappa shape index (κ3) is 2.58. The van der Waals surface area contributed by atoms with E-state index < -0.39 is 0 Å². The summed E-state index contributed by atoms with van der Waals surface area (Å²) in [7, 11) is 0. The molecule has 2 aromatic rings. The Balaban J connectivity index is 2.08. The largest absolute Gasteiger partial charge is 0.249 e. The van der Waals surface area contributed by atoms with E-state index in [0.717, 1.165) is 21.9 Å². The molecule has 0 unspecified atom stereocenters. The van der Waals surface area contributed by atoms with Crippen LogP contribution in [0.5, 0.6) is 0 Å². The molecule has 74 valence electrons. The van der Waals surface area contributed by atoms with Crippen molar-refractivity contribution in [3.05, 3.63) is 46.4 Å². The highest BCUT2D eigenvalue weighted by molar-refractivity contribution is 7.98. The zero-order valence-electron chi connectivity index (χ0n) is 7.88. The molecule has 0 aliphatic carbocycles. The fourth-order valence-electron chi connectivity index (χ4n) is 1.15. The van der Waals surface area contributed by atoms with Crippen molar-refractivity contribution in [2.75, 3.05) is 0 Å². The van der Waals surface area contributed by atoms with Crippen molar-refractivity contribution >= 4 is 23.1 Å². The minimum absolute atomic E-state index is 0.734. The summed E-state index contributed by atoms with van der Waals surface area (Å²) in [5, 5.41) is 10.9. The summed E-state index contributed by atoms with van der Waals surface area (Å²) in [5.74, 6) is 0.822. The van der Waals surface area contributed by atoms with Gasteiger partial charge in [0.25, 0.3) is 0 Å². The zero-order chi connectivity index (χ0) is 10.5. The van der Waals surface area contributed by atoms with Crippen LogP contribution >= 0.6 is 23.1 Å². The molecule has 0 bridgehead atoms. The molecular formula is C11H8N2S2. The molecule has 15 heavy (non-hydrogen) atoms. The Morgan fingerprint density at radius 1 is 1.40 bits per heavy atom. The number of nitrogens with zero attached hydrogens (tertiary/aromatic N) is 2. The van der Waals surface area contributed by atoms with Gasteiger partial charge >= 0.3 is 0 Å². The molecule has 1 heterocycles. The van der Waals surface area contributed by atoms with Crippen molar-refractivity contribution in [1.82, 2.24) is 4.98 Å². The van der Waals surface area contributed by atoms with Gasteiger partial charge in [0.15, 0.2) is 0 Å². The SMILES string of the molecule is N#Cc1ccccc1SCc1cscn1. The van der Waals surface area contributed by atoms with E-state index >= 15 is 0 Å². The number of benzene rings is 1. The molecule has 4 heteroatoms. The fourth-order valence-corrected chi connectivity index (χ4v) is 2.71. The maximum atomic E-state index is 8.90. The molecule has 1 aromatic heterocycles. The van der Waals surface area contributed by atoms with Gasteiger partial charge in [0.05, 0.1) is 16.8 Å². The van der Waals surface area contributed by atoms with E-state index in [1.165, 1.54) is 0 Å². The van der Waals surface area contributed by atoms with Crippen molar-refractivity contribution in [2.45, 2.75) is 10.6 Å². The average molecular weight is 232 g/mol. The number of aromatic nitrogens is 1. The first-order valence-corrected chi connectivity index (χ1v) is 6.32. The van der Waals surface area contributed by atoms with Crippen LogP contribution in [0.4, 0.5) is 0 Å².